The van der Waals surface area contributed by atoms with Crippen molar-refractivity contribution < 1.29 is 8.42 Å². The van der Waals surface area contributed by atoms with Gasteiger partial charge in [0.2, 0.25) is 10.0 Å². The van der Waals surface area contributed by atoms with Gasteiger partial charge < -0.3 is 0 Å². The summed E-state index contributed by atoms with van der Waals surface area (Å²) >= 11 is 1.29. The second kappa shape index (κ2) is 5.40. The van der Waals surface area contributed by atoms with Gasteiger partial charge in [-0.1, -0.05) is 0 Å². The van der Waals surface area contributed by atoms with Gasteiger partial charge in [-0.05, 0) is 32.4 Å². The van der Waals surface area contributed by atoms with Crippen LogP contribution in [0.1, 0.15) is 17.4 Å². The topological polar surface area (TPSA) is 76.9 Å². The van der Waals surface area contributed by atoms with Crippen molar-refractivity contribution in [1.82, 2.24) is 19.5 Å². The van der Waals surface area contributed by atoms with E-state index in [1.165, 1.54) is 17.7 Å². The molecule has 104 valence electrons. The summed E-state index contributed by atoms with van der Waals surface area (Å²) in [6, 6.07) is 1.44. The Morgan fingerprint density at radius 3 is 2.74 bits per heavy atom. The summed E-state index contributed by atoms with van der Waals surface area (Å²) in [5.41, 5.74) is 0.995. The molecule has 19 heavy (non-hydrogen) atoms. The zero-order valence-corrected chi connectivity index (χ0v) is 12.6. The molecule has 1 unspecified atom stereocenters. The van der Waals surface area contributed by atoms with Crippen molar-refractivity contribution in [2.75, 3.05) is 0 Å². The molecule has 0 spiro atoms. The predicted molar refractivity (Wildman–Crippen MR) is 73.6 cm³/mol. The first-order valence-electron chi connectivity index (χ1n) is 5.80. The minimum atomic E-state index is -3.46. The molecule has 8 heteroatoms. The van der Waals surface area contributed by atoms with Crippen LogP contribution in [-0.2, 0) is 16.6 Å². The summed E-state index contributed by atoms with van der Waals surface area (Å²) in [7, 11) is -3.46. The number of rotatable bonds is 5. The standard InChI is InChI=1S/C11H16N4O2S2/c1-8-4-11(18-10(8)3)19(16,17)14-9(2)5-15-7-12-6-13-15/h4,6-7,9,14H,5H2,1-3H3. The van der Waals surface area contributed by atoms with Crippen molar-refractivity contribution in [1.29, 1.82) is 0 Å². The number of aromatic nitrogens is 3. The molecule has 1 atom stereocenters. The Morgan fingerprint density at radius 1 is 1.47 bits per heavy atom. The van der Waals surface area contributed by atoms with E-state index >= 15 is 0 Å². The predicted octanol–water partition coefficient (Wildman–Crippen LogP) is 1.32. The Morgan fingerprint density at radius 2 is 2.21 bits per heavy atom. The van der Waals surface area contributed by atoms with Crippen molar-refractivity contribution in [2.45, 2.75) is 37.6 Å². The largest absolute Gasteiger partial charge is 0.251 e. The number of nitrogens with zero attached hydrogens (tertiary/aromatic N) is 3. The maximum absolute atomic E-state index is 12.2. The molecule has 0 aromatic carbocycles. The SMILES string of the molecule is Cc1cc(S(=O)(=O)NC(C)Cn2cncn2)sc1C. The quantitative estimate of drug-likeness (QED) is 0.903. The van der Waals surface area contributed by atoms with Gasteiger partial charge in [0, 0.05) is 10.9 Å². The third kappa shape index (κ3) is 3.40. The van der Waals surface area contributed by atoms with Crippen LogP contribution in [0.5, 0.6) is 0 Å². The van der Waals surface area contributed by atoms with Crippen LogP contribution in [0.25, 0.3) is 0 Å². The molecular formula is C11H16N4O2S2. The lowest BCUT2D eigenvalue weighted by atomic mass is 10.3. The van der Waals surface area contributed by atoms with Crippen LogP contribution < -0.4 is 4.72 Å². The molecular weight excluding hydrogens is 284 g/mol. The molecule has 2 aromatic rings. The molecule has 0 amide bonds. The van der Waals surface area contributed by atoms with Gasteiger partial charge >= 0.3 is 0 Å². The minimum Gasteiger partial charge on any atom is -0.251 e. The highest BCUT2D eigenvalue weighted by atomic mass is 32.2. The normalized spacial score (nSPS) is 13.6. The lowest BCUT2D eigenvalue weighted by Gasteiger charge is -2.12. The fourth-order valence-electron chi connectivity index (χ4n) is 1.64. The minimum absolute atomic E-state index is 0.255. The van der Waals surface area contributed by atoms with Gasteiger partial charge in [0.1, 0.15) is 16.9 Å². The third-order valence-electron chi connectivity index (χ3n) is 2.69. The number of hydrogen-bond donors (Lipinski definition) is 1. The zero-order chi connectivity index (χ0) is 14.0. The molecule has 1 N–H and O–H groups in total. The lowest BCUT2D eigenvalue weighted by Crippen LogP contribution is -2.35. The summed E-state index contributed by atoms with van der Waals surface area (Å²) < 4.78 is 29.0. The van der Waals surface area contributed by atoms with Crippen molar-refractivity contribution in [2.24, 2.45) is 0 Å². The monoisotopic (exact) mass is 300 g/mol. The van der Waals surface area contributed by atoms with Gasteiger partial charge in [-0.25, -0.2) is 18.1 Å². The average molecular weight is 300 g/mol. The second-order valence-corrected chi connectivity index (χ2v) is 7.64. The molecule has 0 saturated carbocycles. The van der Waals surface area contributed by atoms with E-state index in [2.05, 4.69) is 14.8 Å². The van der Waals surface area contributed by atoms with Crippen LogP contribution in [0.15, 0.2) is 22.9 Å². The molecule has 0 aliphatic carbocycles. The highest BCUT2D eigenvalue weighted by molar-refractivity contribution is 7.91. The number of sulfonamides is 1. The Labute approximate surface area is 116 Å². The van der Waals surface area contributed by atoms with Gasteiger partial charge in [0.05, 0.1) is 6.54 Å². The number of aryl methyl sites for hydroxylation is 2. The van der Waals surface area contributed by atoms with Crippen molar-refractivity contribution in [3.05, 3.63) is 29.2 Å². The molecule has 0 radical (unpaired) electrons. The number of hydrogen-bond acceptors (Lipinski definition) is 5. The van der Waals surface area contributed by atoms with Crippen molar-refractivity contribution in [3.8, 4) is 0 Å². The fraction of sp³-hybridized carbons (Fsp3) is 0.455. The molecule has 0 fully saturated rings. The van der Waals surface area contributed by atoms with Crippen molar-refractivity contribution >= 4 is 21.4 Å². The van der Waals surface area contributed by atoms with Crippen LogP contribution in [0.2, 0.25) is 0 Å². The van der Waals surface area contributed by atoms with E-state index < -0.39 is 10.0 Å². The highest BCUT2D eigenvalue weighted by Crippen LogP contribution is 2.24. The molecule has 2 rings (SSSR count). The highest BCUT2D eigenvalue weighted by Gasteiger charge is 2.20. The molecule has 6 nitrogen and oxygen atoms in total. The van der Waals surface area contributed by atoms with Crippen LogP contribution in [-0.4, -0.2) is 29.2 Å². The fourth-order valence-corrected chi connectivity index (χ4v) is 4.41. The number of thiophene rings is 1. The van der Waals surface area contributed by atoms with Crippen LogP contribution in [0.3, 0.4) is 0 Å². The number of nitrogens with one attached hydrogen (secondary N) is 1. The van der Waals surface area contributed by atoms with Gasteiger partial charge in [0.25, 0.3) is 0 Å². The van der Waals surface area contributed by atoms with Gasteiger partial charge in [-0.2, -0.15) is 5.10 Å². The van der Waals surface area contributed by atoms with E-state index in [1.807, 2.05) is 13.8 Å². The first-order valence-corrected chi connectivity index (χ1v) is 8.10. The smallest absolute Gasteiger partial charge is 0.250 e. The molecule has 0 aliphatic rings. The molecule has 0 aliphatic heterocycles. The van der Waals surface area contributed by atoms with E-state index in [9.17, 15) is 8.42 Å². The Kier molecular flexibility index (Phi) is 4.02. The summed E-state index contributed by atoms with van der Waals surface area (Å²) in [6.07, 6.45) is 2.98. The summed E-state index contributed by atoms with van der Waals surface area (Å²) in [5, 5.41) is 3.95. The summed E-state index contributed by atoms with van der Waals surface area (Å²) in [5.74, 6) is 0. The third-order valence-corrected chi connectivity index (χ3v) is 5.91. The molecule has 0 saturated heterocycles. The summed E-state index contributed by atoms with van der Waals surface area (Å²) in [4.78, 5) is 4.84. The van der Waals surface area contributed by atoms with E-state index in [0.29, 0.717) is 10.8 Å². The maximum Gasteiger partial charge on any atom is 0.250 e. The van der Waals surface area contributed by atoms with Crippen LogP contribution in [0.4, 0.5) is 0 Å². The second-order valence-electron chi connectivity index (χ2n) is 4.44. The first kappa shape index (κ1) is 14.2. The van der Waals surface area contributed by atoms with Gasteiger partial charge in [0.15, 0.2) is 0 Å². The Bertz CT molecular complexity index is 627. The van der Waals surface area contributed by atoms with Gasteiger partial charge in [-0.15, -0.1) is 11.3 Å². The first-order chi connectivity index (χ1) is 8.88. The van der Waals surface area contributed by atoms with E-state index in [-0.39, 0.29) is 6.04 Å². The lowest BCUT2D eigenvalue weighted by molar-refractivity contribution is 0.494. The van der Waals surface area contributed by atoms with E-state index in [4.69, 9.17) is 0 Å². The van der Waals surface area contributed by atoms with Crippen LogP contribution >= 0.6 is 11.3 Å². The van der Waals surface area contributed by atoms with E-state index in [1.54, 1.807) is 24.0 Å². The molecule has 2 aromatic heterocycles. The van der Waals surface area contributed by atoms with E-state index in [0.717, 1.165) is 10.4 Å². The van der Waals surface area contributed by atoms with Crippen molar-refractivity contribution in [3.63, 3.8) is 0 Å². The Hall–Kier alpha value is -1.25. The average Bonchev–Trinajstić information content (AvgIpc) is 2.89. The molecule has 0 bridgehead atoms. The Balaban J connectivity index is 2.08. The summed E-state index contributed by atoms with van der Waals surface area (Å²) in [6.45, 7) is 6.07. The van der Waals surface area contributed by atoms with Gasteiger partial charge in [-0.3, -0.25) is 4.68 Å². The maximum atomic E-state index is 12.2. The molecule has 2 heterocycles. The van der Waals surface area contributed by atoms with Crippen LogP contribution in [0, 0.1) is 13.8 Å². The zero-order valence-electron chi connectivity index (χ0n) is 11.0.